The predicted molar refractivity (Wildman–Crippen MR) is 123 cm³/mol. The molecule has 1 spiro atoms. The lowest BCUT2D eigenvalue weighted by Gasteiger charge is -2.38. The zero-order chi connectivity index (χ0) is 23.9. The summed E-state index contributed by atoms with van der Waals surface area (Å²) in [4.78, 5) is 41.7. The molecule has 3 heterocycles. The third kappa shape index (κ3) is 3.88. The van der Waals surface area contributed by atoms with Crippen LogP contribution < -0.4 is 5.32 Å². The van der Waals surface area contributed by atoms with Gasteiger partial charge in [-0.2, -0.15) is 0 Å². The third-order valence-corrected chi connectivity index (χ3v) is 8.00. The van der Waals surface area contributed by atoms with Gasteiger partial charge in [0.05, 0.1) is 37.2 Å². The molecule has 1 unspecified atom stereocenters. The second kappa shape index (κ2) is 9.35. The third-order valence-electron chi connectivity index (χ3n) is 7.16. The lowest BCUT2D eigenvalue weighted by atomic mass is 9.70. The molecule has 0 aromatic heterocycles. The van der Waals surface area contributed by atoms with Crippen LogP contribution in [0.4, 0.5) is 0 Å². The minimum atomic E-state index is -1.16. The summed E-state index contributed by atoms with van der Waals surface area (Å²) in [6.45, 7) is 5.71. The van der Waals surface area contributed by atoms with E-state index in [0.29, 0.717) is 13.0 Å². The Balaban J connectivity index is 1.72. The number of benzene rings is 1. The zero-order valence-corrected chi connectivity index (χ0v) is 20.7. The first-order chi connectivity index (χ1) is 15.8. The van der Waals surface area contributed by atoms with E-state index in [1.54, 1.807) is 6.92 Å². The van der Waals surface area contributed by atoms with Crippen LogP contribution in [0.1, 0.15) is 32.8 Å². The first-order valence-electron chi connectivity index (χ1n) is 11.5. The van der Waals surface area contributed by atoms with Crippen LogP contribution in [0.2, 0.25) is 0 Å². The number of carbonyl (C=O) groups is 3. The molecule has 3 aliphatic heterocycles. The molecule has 0 aliphatic carbocycles. The topological polar surface area (TPSA) is 105 Å². The number of halogens is 1. The molecule has 3 fully saturated rings. The predicted octanol–water partition coefficient (Wildman–Crippen LogP) is 1.63. The highest BCUT2D eigenvalue weighted by Gasteiger charge is 2.77. The van der Waals surface area contributed by atoms with Crippen LogP contribution in [-0.4, -0.2) is 69.6 Å². The van der Waals surface area contributed by atoms with Crippen molar-refractivity contribution in [2.75, 3.05) is 13.2 Å². The normalized spacial score (nSPS) is 33.3. The van der Waals surface area contributed by atoms with Crippen molar-refractivity contribution in [3.8, 4) is 0 Å². The molecule has 2 N–H and O–H groups in total. The number of ether oxygens (including phenoxy) is 2. The van der Waals surface area contributed by atoms with E-state index in [2.05, 4.69) is 21.2 Å². The van der Waals surface area contributed by atoms with Gasteiger partial charge in [0.15, 0.2) is 0 Å². The van der Waals surface area contributed by atoms with Crippen molar-refractivity contribution in [1.29, 1.82) is 0 Å². The van der Waals surface area contributed by atoms with Gasteiger partial charge in [0, 0.05) is 11.4 Å². The highest BCUT2D eigenvalue weighted by Crippen LogP contribution is 2.60. The Morgan fingerprint density at radius 3 is 2.64 bits per heavy atom. The summed E-state index contributed by atoms with van der Waals surface area (Å²) in [5.74, 6) is -2.88. The summed E-state index contributed by atoms with van der Waals surface area (Å²) in [7, 11) is 0. The molecule has 2 amide bonds. The fraction of sp³-hybridized carbons (Fsp3) is 0.625. The summed E-state index contributed by atoms with van der Waals surface area (Å²) in [5.41, 5.74) is -0.228. The van der Waals surface area contributed by atoms with Crippen LogP contribution in [0.3, 0.4) is 0 Å². The molecule has 180 valence electrons. The van der Waals surface area contributed by atoms with Crippen molar-refractivity contribution in [2.45, 2.75) is 62.4 Å². The molecule has 1 aromatic carbocycles. The first-order valence-corrected chi connectivity index (χ1v) is 12.4. The van der Waals surface area contributed by atoms with Gasteiger partial charge in [0.2, 0.25) is 11.8 Å². The van der Waals surface area contributed by atoms with Gasteiger partial charge >= 0.3 is 5.97 Å². The van der Waals surface area contributed by atoms with E-state index < -0.39 is 41.6 Å². The summed E-state index contributed by atoms with van der Waals surface area (Å²) in [6.07, 6.45) is -0.128. The second-order valence-electron chi connectivity index (χ2n) is 9.36. The molecular weight excluding hydrogens is 492 g/mol. The van der Waals surface area contributed by atoms with Crippen molar-refractivity contribution in [1.82, 2.24) is 10.2 Å². The van der Waals surface area contributed by atoms with E-state index in [1.165, 1.54) is 4.90 Å². The first kappa shape index (κ1) is 24.2. The quantitative estimate of drug-likeness (QED) is 0.397. The van der Waals surface area contributed by atoms with Crippen LogP contribution in [-0.2, 0) is 30.4 Å². The highest BCUT2D eigenvalue weighted by atomic mass is 79.9. The molecule has 7 atom stereocenters. The minimum absolute atomic E-state index is 0.100. The van der Waals surface area contributed by atoms with Crippen LogP contribution in [0.5, 0.6) is 0 Å². The fourth-order valence-corrected chi connectivity index (χ4v) is 6.68. The molecule has 9 heteroatoms. The Morgan fingerprint density at radius 1 is 1.33 bits per heavy atom. The Labute approximate surface area is 202 Å². The molecule has 3 aliphatic rings. The molecular formula is C24H31BrN2O6. The molecule has 33 heavy (non-hydrogen) atoms. The molecule has 0 radical (unpaired) electrons. The summed E-state index contributed by atoms with van der Waals surface area (Å²) < 4.78 is 11.7. The van der Waals surface area contributed by atoms with Crippen molar-refractivity contribution in [3.05, 3.63) is 35.9 Å². The second-order valence-corrected chi connectivity index (χ2v) is 10.5. The average molecular weight is 523 g/mol. The van der Waals surface area contributed by atoms with E-state index in [9.17, 15) is 19.5 Å². The maximum atomic E-state index is 13.8. The smallest absolute Gasteiger partial charge is 0.312 e. The van der Waals surface area contributed by atoms with Crippen molar-refractivity contribution in [3.63, 3.8) is 0 Å². The lowest BCUT2D eigenvalue weighted by Crippen LogP contribution is -2.59. The summed E-state index contributed by atoms with van der Waals surface area (Å²) >= 11 is 3.62. The van der Waals surface area contributed by atoms with Gasteiger partial charge in [0.1, 0.15) is 11.6 Å². The minimum Gasteiger partial charge on any atom is -0.466 e. The zero-order valence-electron chi connectivity index (χ0n) is 19.1. The number of likely N-dealkylation sites (tertiary alicyclic amines) is 1. The van der Waals surface area contributed by atoms with Gasteiger partial charge in [0.25, 0.3) is 0 Å². The molecule has 2 bridgehead atoms. The number of carbonyl (C=O) groups excluding carboxylic acids is 3. The van der Waals surface area contributed by atoms with Crippen molar-refractivity contribution >= 4 is 33.7 Å². The van der Waals surface area contributed by atoms with Crippen LogP contribution >= 0.6 is 15.9 Å². The monoisotopic (exact) mass is 522 g/mol. The molecule has 0 saturated carbocycles. The van der Waals surface area contributed by atoms with Crippen molar-refractivity contribution in [2.24, 2.45) is 17.8 Å². The summed E-state index contributed by atoms with van der Waals surface area (Å²) in [5, 5.41) is 13.1. The molecule has 1 aromatic rings. The van der Waals surface area contributed by atoms with Gasteiger partial charge < -0.3 is 24.8 Å². The largest absolute Gasteiger partial charge is 0.466 e. The number of aliphatic hydroxyl groups is 1. The maximum absolute atomic E-state index is 13.8. The van der Waals surface area contributed by atoms with E-state index in [0.717, 1.165) is 5.56 Å². The Morgan fingerprint density at radius 2 is 2.03 bits per heavy atom. The number of aliphatic hydroxyl groups excluding tert-OH is 1. The van der Waals surface area contributed by atoms with Gasteiger partial charge in [-0.1, -0.05) is 60.1 Å². The van der Waals surface area contributed by atoms with Crippen molar-refractivity contribution < 1.29 is 29.0 Å². The number of alkyl halides is 1. The molecule has 4 rings (SSSR count). The van der Waals surface area contributed by atoms with E-state index in [1.807, 2.05) is 44.2 Å². The number of nitrogens with zero attached hydrogens (tertiary/aromatic N) is 1. The van der Waals surface area contributed by atoms with Gasteiger partial charge in [-0.3, -0.25) is 14.4 Å². The van der Waals surface area contributed by atoms with Gasteiger partial charge in [-0.25, -0.2) is 0 Å². The standard InChI is InChI=1S/C24H31BrN2O6/c1-4-32-23(31)17-18-22(30)27(16(12-28)13(2)3)20(24(18)10-15(25)19(17)33-24)21(29)26-11-14-8-6-5-7-9-14/h5-9,13,15-20,28H,4,10-12H2,1-3H3,(H,26,29)/t15?,16-,17-,18+,19-,20-,24+/m0/s1. The Bertz CT molecular complexity index is 911. The van der Waals surface area contributed by atoms with E-state index in [-0.39, 0.29) is 35.8 Å². The number of amides is 2. The van der Waals surface area contributed by atoms with Crippen LogP contribution in [0.25, 0.3) is 0 Å². The average Bonchev–Trinajstić information content (AvgIpc) is 3.37. The maximum Gasteiger partial charge on any atom is 0.312 e. The number of fused-ring (bicyclic) bond motifs is 1. The van der Waals surface area contributed by atoms with E-state index in [4.69, 9.17) is 9.47 Å². The van der Waals surface area contributed by atoms with Gasteiger partial charge in [-0.05, 0) is 24.8 Å². The number of hydrogen-bond acceptors (Lipinski definition) is 6. The Kier molecular flexibility index (Phi) is 6.85. The molecule has 3 saturated heterocycles. The lowest BCUT2D eigenvalue weighted by molar-refractivity contribution is -0.155. The highest BCUT2D eigenvalue weighted by molar-refractivity contribution is 9.09. The SMILES string of the molecule is CCOC(=O)[C@@H]1[C@H]2O[C@@]3(CC2Br)[C@H](C(=O)NCc2ccccc2)N([C@@H](CO)C(C)C)C(=O)[C@@H]13. The number of rotatable bonds is 8. The number of nitrogens with one attached hydrogen (secondary N) is 1. The fourth-order valence-electron chi connectivity index (χ4n) is 5.73. The summed E-state index contributed by atoms with van der Waals surface area (Å²) in [6, 6.07) is 7.97. The van der Waals surface area contributed by atoms with Crippen LogP contribution in [0.15, 0.2) is 30.3 Å². The van der Waals surface area contributed by atoms with E-state index >= 15 is 0 Å². The number of esters is 1. The van der Waals surface area contributed by atoms with Crippen LogP contribution in [0, 0.1) is 17.8 Å². The van der Waals surface area contributed by atoms with Gasteiger partial charge in [-0.15, -0.1) is 0 Å². The number of hydrogen-bond donors (Lipinski definition) is 2. The molecule has 8 nitrogen and oxygen atoms in total. The Hall–Kier alpha value is -1.97.